The van der Waals surface area contributed by atoms with E-state index >= 15 is 0 Å². The third-order valence-corrected chi connectivity index (χ3v) is 4.65. The minimum atomic E-state index is -0.0450. The second-order valence-corrected chi connectivity index (χ2v) is 5.99. The Morgan fingerprint density at radius 3 is 3.00 bits per heavy atom. The van der Waals surface area contributed by atoms with Crippen LogP contribution in [-0.4, -0.2) is 43.4 Å². The van der Waals surface area contributed by atoms with Crippen LogP contribution in [0.4, 0.5) is 0 Å². The molecular formula is C16H22N2O3. The summed E-state index contributed by atoms with van der Waals surface area (Å²) < 4.78 is 11.0. The standard InChI is InChI=1S/C16H22N2O3/c1-9-4-5-11(10(2)17-9)16(19)18-14-12-6-7-21-15(12)13(14)8-20-3/h4-5,12-15H,6-8H2,1-3H3,(H,18,19)/t12-,13+,14+,15-/m0/s1. The molecule has 0 radical (unpaired) electrons. The number of aromatic nitrogens is 1. The Morgan fingerprint density at radius 2 is 2.29 bits per heavy atom. The van der Waals surface area contributed by atoms with Gasteiger partial charge in [0.1, 0.15) is 0 Å². The molecule has 0 spiro atoms. The highest BCUT2D eigenvalue weighted by Gasteiger charge is 2.54. The van der Waals surface area contributed by atoms with E-state index in [9.17, 15) is 4.79 Å². The molecule has 1 N–H and O–H groups in total. The number of hydrogen-bond donors (Lipinski definition) is 1. The molecule has 1 aliphatic heterocycles. The van der Waals surface area contributed by atoms with E-state index in [0.29, 0.717) is 18.1 Å². The van der Waals surface area contributed by atoms with Gasteiger partial charge in [0, 0.05) is 37.3 Å². The number of nitrogens with zero attached hydrogens (tertiary/aromatic N) is 1. The molecule has 2 fully saturated rings. The number of amides is 1. The summed E-state index contributed by atoms with van der Waals surface area (Å²) in [6, 6.07) is 3.86. The van der Waals surface area contributed by atoms with Gasteiger partial charge >= 0.3 is 0 Å². The number of aryl methyl sites for hydroxylation is 2. The van der Waals surface area contributed by atoms with Gasteiger partial charge in [-0.25, -0.2) is 0 Å². The van der Waals surface area contributed by atoms with E-state index in [4.69, 9.17) is 9.47 Å². The van der Waals surface area contributed by atoms with Crippen LogP contribution in [0.1, 0.15) is 28.2 Å². The van der Waals surface area contributed by atoms with Crippen LogP contribution in [0.5, 0.6) is 0 Å². The molecule has 3 rings (SSSR count). The molecule has 1 aromatic heterocycles. The minimum absolute atomic E-state index is 0.0450. The van der Waals surface area contributed by atoms with E-state index in [1.54, 1.807) is 7.11 Å². The topological polar surface area (TPSA) is 60.5 Å². The Morgan fingerprint density at radius 1 is 1.48 bits per heavy atom. The molecule has 5 heteroatoms. The number of pyridine rings is 1. The van der Waals surface area contributed by atoms with Crippen molar-refractivity contribution < 1.29 is 14.3 Å². The van der Waals surface area contributed by atoms with Gasteiger partial charge in [-0.15, -0.1) is 0 Å². The SMILES string of the molecule is COC[C@@H]1[C@H](NC(=O)c2ccc(C)nc2C)[C@@H]2CCO[C@H]12. The Bertz CT molecular complexity index is 546. The molecule has 0 bridgehead atoms. The summed E-state index contributed by atoms with van der Waals surface area (Å²) in [6.07, 6.45) is 1.26. The zero-order chi connectivity index (χ0) is 15.0. The zero-order valence-electron chi connectivity index (χ0n) is 12.8. The highest BCUT2D eigenvalue weighted by molar-refractivity contribution is 5.95. The summed E-state index contributed by atoms with van der Waals surface area (Å²) in [4.78, 5) is 16.8. The van der Waals surface area contributed by atoms with E-state index in [-0.39, 0.29) is 24.0 Å². The van der Waals surface area contributed by atoms with Gasteiger partial charge < -0.3 is 14.8 Å². The van der Waals surface area contributed by atoms with Gasteiger partial charge in [0.05, 0.1) is 24.0 Å². The first-order valence-corrected chi connectivity index (χ1v) is 7.47. The number of carbonyl (C=O) groups excluding carboxylic acids is 1. The fourth-order valence-electron chi connectivity index (χ4n) is 3.59. The van der Waals surface area contributed by atoms with Crippen molar-refractivity contribution in [3.8, 4) is 0 Å². The van der Waals surface area contributed by atoms with E-state index in [1.165, 1.54) is 0 Å². The molecule has 0 aromatic carbocycles. The monoisotopic (exact) mass is 290 g/mol. The van der Waals surface area contributed by atoms with Gasteiger partial charge in [0.25, 0.3) is 5.91 Å². The minimum Gasteiger partial charge on any atom is -0.384 e. The lowest BCUT2D eigenvalue weighted by molar-refractivity contribution is -0.0809. The van der Waals surface area contributed by atoms with Crippen molar-refractivity contribution in [3.05, 3.63) is 29.1 Å². The summed E-state index contributed by atoms with van der Waals surface area (Å²) in [5, 5.41) is 3.16. The predicted octanol–water partition coefficient (Wildman–Crippen LogP) is 1.48. The molecule has 114 valence electrons. The van der Waals surface area contributed by atoms with Crippen molar-refractivity contribution in [2.24, 2.45) is 11.8 Å². The molecule has 0 unspecified atom stereocenters. The van der Waals surface area contributed by atoms with Crippen molar-refractivity contribution in [3.63, 3.8) is 0 Å². The van der Waals surface area contributed by atoms with Gasteiger partial charge in [-0.2, -0.15) is 0 Å². The van der Waals surface area contributed by atoms with Gasteiger partial charge in [-0.1, -0.05) is 0 Å². The average molecular weight is 290 g/mol. The van der Waals surface area contributed by atoms with E-state index in [0.717, 1.165) is 24.4 Å². The maximum Gasteiger partial charge on any atom is 0.253 e. The molecule has 1 aliphatic carbocycles. The molecule has 1 saturated carbocycles. The van der Waals surface area contributed by atoms with Crippen LogP contribution in [0.25, 0.3) is 0 Å². The average Bonchev–Trinajstić information content (AvgIpc) is 2.86. The third-order valence-electron chi connectivity index (χ3n) is 4.65. The molecule has 1 amide bonds. The van der Waals surface area contributed by atoms with Crippen LogP contribution in [0.2, 0.25) is 0 Å². The summed E-state index contributed by atoms with van der Waals surface area (Å²) in [7, 11) is 1.69. The molecule has 5 nitrogen and oxygen atoms in total. The molecule has 4 atom stereocenters. The first-order valence-electron chi connectivity index (χ1n) is 7.47. The van der Waals surface area contributed by atoms with Crippen LogP contribution in [0.15, 0.2) is 12.1 Å². The highest BCUT2D eigenvalue weighted by atomic mass is 16.5. The quantitative estimate of drug-likeness (QED) is 0.912. The molecule has 1 saturated heterocycles. The maximum absolute atomic E-state index is 12.5. The van der Waals surface area contributed by atoms with Gasteiger partial charge in [-0.3, -0.25) is 9.78 Å². The number of fused-ring (bicyclic) bond motifs is 1. The normalized spacial score (nSPS) is 30.6. The molecule has 1 aromatic rings. The van der Waals surface area contributed by atoms with Crippen LogP contribution in [-0.2, 0) is 9.47 Å². The number of carbonyl (C=O) groups is 1. The Labute approximate surface area is 125 Å². The van der Waals surface area contributed by atoms with Gasteiger partial charge in [0.15, 0.2) is 0 Å². The van der Waals surface area contributed by atoms with Crippen LogP contribution in [0, 0.1) is 25.7 Å². The lowest BCUT2D eigenvalue weighted by Crippen LogP contribution is -2.62. The van der Waals surface area contributed by atoms with Crippen LogP contribution >= 0.6 is 0 Å². The lowest BCUT2D eigenvalue weighted by atomic mass is 9.67. The van der Waals surface area contributed by atoms with E-state index < -0.39 is 0 Å². The van der Waals surface area contributed by atoms with Crippen LogP contribution < -0.4 is 5.32 Å². The molecule has 2 heterocycles. The van der Waals surface area contributed by atoms with E-state index in [2.05, 4.69) is 10.3 Å². The maximum atomic E-state index is 12.5. The fourth-order valence-corrected chi connectivity index (χ4v) is 3.59. The highest BCUT2D eigenvalue weighted by Crippen LogP contribution is 2.43. The van der Waals surface area contributed by atoms with Gasteiger partial charge in [-0.05, 0) is 32.4 Å². The lowest BCUT2D eigenvalue weighted by Gasteiger charge is -2.47. The Hall–Kier alpha value is -1.46. The fraction of sp³-hybridized carbons (Fsp3) is 0.625. The number of hydrogen-bond acceptors (Lipinski definition) is 4. The van der Waals surface area contributed by atoms with Gasteiger partial charge in [0.2, 0.25) is 0 Å². The first kappa shape index (κ1) is 14.5. The van der Waals surface area contributed by atoms with Crippen molar-refractivity contribution in [2.75, 3.05) is 20.3 Å². The summed E-state index contributed by atoms with van der Waals surface area (Å²) >= 11 is 0. The van der Waals surface area contributed by atoms with E-state index in [1.807, 2.05) is 26.0 Å². The second-order valence-electron chi connectivity index (χ2n) is 5.99. The largest absolute Gasteiger partial charge is 0.384 e. The first-order chi connectivity index (χ1) is 10.1. The smallest absolute Gasteiger partial charge is 0.253 e. The van der Waals surface area contributed by atoms with Crippen molar-refractivity contribution >= 4 is 5.91 Å². The Kier molecular flexibility index (Phi) is 3.95. The number of nitrogens with one attached hydrogen (secondary N) is 1. The molecule has 2 aliphatic rings. The predicted molar refractivity (Wildman–Crippen MR) is 78.2 cm³/mol. The van der Waals surface area contributed by atoms with Crippen molar-refractivity contribution in [2.45, 2.75) is 32.4 Å². The zero-order valence-corrected chi connectivity index (χ0v) is 12.8. The summed E-state index contributed by atoms with van der Waals surface area (Å²) in [5.74, 6) is 0.634. The second kappa shape index (κ2) is 5.73. The molecule has 21 heavy (non-hydrogen) atoms. The summed E-state index contributed by atoms with van der Waals surface area (Å²) in [6.45, 7) is 5.21. The molecular weight excluding hydrogens is 268 g/mol. The van der Waals surface area contributed by atoms with Crippen molar-refractivity contribution in [1.82, 2.24) is 10.3 Å². The third kappa shape index (κ3) is 2.56. The Balaban J connectivity index is 1.71. The number of rotatable bonds is 4. The van der Waals surface area contributed by atoms with Crippen LogP contribution in [0.3, 0.4) is 0 Å². The van der Waals surface area contributed by atoms with Crippen molar-refractivity contribution in [1.29, 1.82) is 0 Å². The summed E-state index contributed by atoms with van der Waals surface area (Å²) in [5.41, 5.74) is 2.35. The number of ether oxygens (including phenoxy) is 2. The number of methoxy groups -OCH3 is 1.